The number of benzene rings is 1. The molecule has 0 aliphatic heterocycles. The maximum Gasteiger partial charge on any atom is 0.0804 e. The van der Waals surface area contributed by atoms with Gasteiger partial charge in [0.2, 0.25) is 0 Å². The van der Waals surface area contributed by atoms with E-state index in [1.165, 1.54) is 31.2 Å². The lowest BCUT2D eigenvalue weighted by molar-refractivity contribution is 0.116. The van der Waals surface area contributed by atoms with Crippen LogP contribution in [0.5, 0.6) is 0 Å². The van der Waals surface area contributed by atoms with Crippen LogP contribution >= 0.6 is 0 Å². The summed E-state index contributed by atoms with van der Waals surface area (Å²) in [7, 11) is 2.22. The van der Waals surface area contributed by atoms with Gasteiger partial charge in [-0.25, -0.2) is 0 Å². The van der Waals surface area contributed by atoms with Crippen LogP contribution in [-0.4, -0.2) is 29.6 Å². The molecule has 0 saturated heterocycles. The Balaban J connectivity index is 1.83. The standard InChI is InChI=1S/C18H29NO/c1-14-7-6-9-16(13-14)19(3)12-11-18(20)17-10-5-4-8-15(17)2/h4-5,8,10,14,16,18,20H,6-7,9,11-13H2,1-3H3. The van der Waals surface area contributed by atoms with E-state index in [4.69, 9.17) is 0 Å². The van der Waals surface area contributed by atoms with E-state index in [2.05, 4.69) is 31.9 Å². The van der Waals surface area contributed by atoms with Crippen molar-refractivity contribution in [2.24, 2.45) is 5.92 Å². The largest absolute Gasteiger partial charge is 0.388 e. The van der Waals surface area contributed by atoms with Crippen molar-refractivity contribution in [1.82, 2.24) is 4.90 Å². The molecule has 1 fully saturated rings. The van der Waals surface area contributed by atoms with Crippen LogP contribution in [0.15, 0.2) is 24.3 Å². The molecule has 0 amide bonds. The first-order chi connectivity index (χ1) is 9.58. The van der Waals surface area contributed by atoms with Crippen LogP contribution in [0, 0.1) is 12.8 Å². The highest BCUT2D eigenvalue weighted by molar-refractivity contribution is 5.27. The number of hydrogen-bond acceptors (Lipinski definition) is 2. The first-order valence-corrected chi connectivity index (χ1v) is 8.01. The zero-order valence-corrected chi connectivity index (χ0v) is 13.2. The van der Waals surface area contributed by atoms with Gasteiger partial charge in [0.1, 0.15) is 0 Å². The molecule has 3 unspecified atom stereocenters. The predicted molar refractivity (Wildman–Crippen MR) is 84.8 cm³/mol. The third kappa shape index (κ3) is 4.07. The van der Waals surface area contributed by atoms with Gasteiger partial charge in [-0.2, -0.15) is 0 Å². The Morgan fingerprint density at radius 3 is 2.75 bits per heavy atom. The molecule has 1 aromatic rings. The molecule has 0 heterocycles. The molecular weight excluding hydrogens is 246 g/mol. The van der Waals surface area contributed by atoms with Crippen molar-refractivity contribution in [3.63, 3.8) is 0 Å². The molecule has 0 spiro atoms. The predicted octanol–water partition coefficient (Wildman–Crippen LogP) is 3.93. The van der Waals surface area contributed by atoms with Gasteiger partial charge in [0.25, 0.3) is 0 Å². The minimum atomic E-state index is -0.334. The van der Waals surface area contributed by atoms with Crippen molar-refractivity contribution in [1.29, 1.82) is 0 Å². The molecule has 0 bridgehead atoms. The first kappa shape index (κ1) is 15.5. The highest BCUT2D eigenvalue weighted by atomic mass is 16.3. The Labute approximate surface area is 123 Å². The van der Waals surface area contributed by atoms with Crippen molar-refractivity contribution in [2.75, 3.05) is 13.6 Å². The molecular formula is C18H29NO. The number of nitrogens with zero attached hydrogens (tertiary/aromatic N) is 1. The fourth-order valence-corrected chi connectivity index (χ4v) is 3.43. The molecule has 1 aliphatic carbocycles. The molecule has 112 valence electrons. The van der Waals surface area contributed by atoms with E-state index in [1.54, 1.807) is 0 Å². The van der Waals surface area contributed by atoms with Gasteiger partial charge >= 0.3 is 0 Å². The SMILES string of the molecule is Cc1ccccc1C(O)CCN(C)C1CCCC(C)C1. The van der Waals surface area contributed by atoms with E-state index in [0.717, 1.165) is 24.4 Å². The summed E-state index contributed by atoms with van der Waals surface area (Å²) in [4.78, 5) is 2.46. The van der Waals surface area contributed by atoms with Crippen molar-refractivity contribution >= 4 is 0 Å². The van der Waals surface area contributed by atoms with Crippen LogP contribution in [-0.2, 0) is 0 Å². The van der Waals surface area contributed by atoms with Crippen LogP contribution in [0.4, 0.5) is 0 Å². The number of hydrogen-bond donors (Lipinski definition) is 1. The second-order valence-corrected chi connectivity index (χ2v) is 6.57. The van der Waals surface area contributed by atoms with Gasteiger partial charge in [-0.15, -0.1) is 0 Å². The Bertz CT molecular complexity index is 418. The molecule has 1 saturated carbocycles. The average Bonchev–Trinajstić information content (AvgIpc) is 2.45. The van der Waals surface area contributed by atoms with E-state index in [9.17, 15) is 5.11 Å². The second-order valence-electron chi connectivity index (χ2n) is 6.57. The highest BCUT2D eigenvalue weighted by Gasteiger charge is 2.22. The van der Waals surface area contributed by atoms with Crippen LogP contribution in [0.2, 0.25) is 0 Å². The molecule has 0 aromatic heterocycles. The molecule has 1 aromatic carbocycles. The summed E-state index contributed by atoms with van der Waals surface area (Å²) in [6.07, 6.45) is 5.87. The minimum Gasteiger partial charge on any atom is -0.388 e. The minimum absolute atomic E-state index is 0.334. The summed E-state index contributed by atoms with van der Waals surface area (Å²) in [6.45, 7) is 5.42. The quantitative estimate of drug-likeness (QED) is 0.880. The topological polar surface area (TPSA) is 23.5 Å². The summed E-state index contributed by atoms with van der Waals surface area (Å²) in [5.41, 5.74) is 2.27. The van der Waals surface area contributed by atoms with Crippen molar-refractivity contribution in [2.45, 2.75) is 58.1 Å². The van der Waals surface area contributed by atoms with Crippen molar-refractivity contribution in [3.8, 4) is 0 Å². The van der Waals surface area contributed by atoms with E-state index in [0.29, 0.717) is 6.04 Å². The highest BCUT2D eigenvalue weighted by Crippen LogP contribution is 2.27. The average molecular weight is 275 g/mol. The number of aryl methyl sites for hydroxylation is 1. The fourth-order valence-electron chi connectivity index (χ4n) is 3.43. The maximum absolute atomic E-state index is 10.4. The van der Waals surface area contributed by atoms with Gasteiger partial charge in [0.05, 0.1) is 6.10 Å². The van der Waals surface area contributed by atoms with Gasteiger partial charge < -0.3 is 10.0 Å². The molecule has 2 nitrogen and oxygen atoms in total. The lowest BCUT2D eigenvalue weighted by atomic mass is 9.86. The van der Waals surface area contributed by atoms with E-state index in [1.807, 2.05) is 18.2 Å². The van der Waals surface area contributed by atoms with Gasteiger partial charge in [0, 0.05) is 12.6 Å². The molecule has 2 heteroatoms. The fraction of sp³-hybridized carbons (Fsp3) is 0.667. The lowest BCUT2D eigenvalue weighted by Crippen LogP contribution is -2.36. The van der Waals surface area contributed by atoms with E-state index >= 15 is 0 Å². The van der Waals surface area contributed by atoms with Crippen LogP contribution in [0.1, 0.15) is 56.3 Å². The summed E-state index contributed by atoms with van der Waals surface area (Å²) < 4.78 is 0. The van der Waals surface area contributed by atoms with Gasteiger partial charge in [-0.1, -0.05) is 44.0 Å². The summed E-state index contributed by atoms with van der Waals surface area (Å²) >= 11 is 0. The maximum atomic E-state index is 10.4. The molecule has 1 N–H and O–H groups in total. The number of aliphatic hydroxyl groups is 1. The molecule has 3 atom stereocenters. The van der Waals surface area contributed by atoms with Crippen LogP contribution < -0.4 is 0 Å². The second kappa shape index (κ2) is 7.24. The van der Waals surface area contributed by atoms with E-state index in [-0.39, 0.29) is 6.10 Å². The third-order valence-electron chi connectivity index (χ3n) is 4.83. The van der Waals surface area contributed by atoms with Crippen LogP contribution in [0.3, 0.4) is 0 Å². The molecule has 2 rings (SSSR count). The Morgan fingerprint density at radius 2 is 2.05 bits per heavy atom. The van der Waals surface area contributed by atoms with Gasteiger partial charge in [0.15, 0.2) is 0 Å². The summed E-state index contributed by atoms with van der Waals surface area (Å²) in [5.74, 6) is 0.859. The Kier molecular flexibility index (Phi) is 5.62. The van der Waals surface area contributed by atoms with Crippen LogP contribution in [0.25, 0.3) is 0 Å². The number of aliphatic hydroxyl groups excluding tert-OH is 1. The third-order valence-corrected chi connectivity index (χ3v) is 4.83. The van der Waals surface area contributed by atoms with E-state index < -0.39 is 0 Å². The van der Waals surface area contributed by atoms with Gasteiger partial charge in [-0.05, 0) is 50.3 Å². The van der Waals surface area contributed by atoms with Crippen molar-refractivity contribution < 1.29 is 5.11 Å². The zero-order valence-electron chi connectivity index (χ0n) is 13.2. The Hall–Kier alpha value is -0.860. The molecule has 20 heavy (non-hydrogen) atoms. The smallest absolute Gasteiger partial charge is 0.0804 e. The molecule has 0 radical (unpaired) electrons. The first-order valence-electron chi connectivity index (χ1n) is 8.01. The Morgan fingerprint density at radius 1 is 1.30 bits per heavy atom. The zero-order chi connectivity index (χ0) is 14.5. The monoisotopic (exact) mass is 275 g/mol. The normalized spacial score (nSPS) is 24.9. The molecule has 1 aliphatic rings. The van der Waals surface area contributed by atoms with Gasteiger partial charge in [-0.3, -0.25) is 0 Å². The van der Waals surface area contributed by atoms with Crippen molar-refractivity contribution in [3.05, 3.63) is 35.4 Å². The number of rotatable bonds is 5. The lowest BCUT2D eigenvalue weighted by Gasteiger charge is -2.34. The summed E-state index contributed by atoms with van der Waals surface area (Å²) in [5, 5.41) is 10.4. The summed E-state index contributed by atoms with van der Waals surface area (Å²) in [6, 6.07) is 8.87.